The molecule has 0 spiro atoms. The summed E-state index contributed by atoms with van der Waals surface area (Å²) in [5.74, 6) is 1.28. The monoisotopic (exact) mass is 310 g/mol. The van der Waals surface area contributed by atoms with Crippen molar-refractivity contribution in [2.45, 2.75) is 24.8 Å². The van der Waals surface area contributed by atoms with Gasteiger partial charge in [-0.15, -0.1) is 0 Å². The van der Waals surface area contributed by atoms with Gasteiger partial charge in [-0.1, -0.05) is 6.92 Å². The molecule has 1 aromatic carbocycles. The van der Waals surface area contributed by atoms with Gasteiger partial charge in [0.25, 0.3) is 0 Å². The van der Waals surface area contributed by atoms with Gasteiger partial charge in [0, 0.05) is 12.1 Å². The van der Waals surface area contributed by atoms with Crippen LogP contribution >= 0.6 is 0 Å². The normalized spacial score (nSPS) is 11.5. The van der Waals surface area contributed by atoms with E-state index < -0.39 is 10.0 Å². The third-order valence-electron chi connectivity index (χ3n) is 2.94. The minimum absolute atomic E-state index is 0.0901. The summed E-state index contributed by atoms with van der Waals surface area (Å²) in [5.41, 5.74) is 6.47. The molecule has 8 heteroatoms. The second-order valence-electron chi connectivity index (χ2n) is 4.39. The molecule has 0 saturated carbocycles. The van der Waals surface area contributed by atoms with Crippen LogP contribution in [0.5, 0.6) is 0 Å². The number of nitrogens with zero attached hydrogens (tertiary/aromatic N) is 1. The second-order valence-corrected chi connectivity index (χ2v) is 6.25. The minimum Gasteiger partial charge on any atom is -0.444 e. The highest BCUT2D eigenvalue weighted by Crippen LogP contribution is 2.24. The van der Waals surface area contributed by atoms with Crippen molar-refractivity contribution in [2.24, 2.45) is 0 Å². The van der Waals surface area contributed by atoms with Crippen LogP contribution < -0.4 is 15.8 Å². The van der Waals surface area contributed by atoms with Crippen LogP contribution in [0.3, 0.4) is 0 Å². The Labute approximate surface area is 123 Å². The van der Waals surface area contributed by atoms with Crippen LogP contribution in [0.25, 0.3) is 0 Å². The Morgan fingerprint density at radius 1 is 1.38 bits per heavy atom. The zero-order chi connectivity index (χ0) is 15.5. The van der Waals surface area contributed by atoms with Crippen LogP contribution in [-0.4, -0.2) is 20.4 Å². The van der Waals surface area contributed by atoms with Crippen LogP contribution in [-0.2, 0) is 23.0 Å². The van der Waals surface area contributed by atoms with E-state index in [0.717, 1.165) is 12.2 Å². The van der Waals surface area contributed by atoms with E-state index in [0.29, 0.717) is 17.3 Å². The third kappa shape index (κ3) is 3.53. The van der Waals surface area contributed by atoms with Crippen LogP contribution in [0.4, 0.5) is 11.4 Å². The Balaban J connectivity index is 2.23. The van der Waals surface area contributed by atoms with Crippen molar-refractivity contribution in [1.29, 1.82) is 0 Å². The molecule has 21 heavy (non-hydrogen) atoms. The molecule has 0 unspecified atom stereocenters. The molecule has 1 heterocycles. The Kier molecular flexibility index (Phi) is 4.49. The maximum atomic E-state index is 12.0. The van der Waals surface area contributed by atoms with E-state index in [1.807, 2.05) is 6.92 Å². The van der Waals surface area contributed by atoms with Gasteiger partial charge in [0.2, 0.25) is 15.9 Å². The van der Waals surface area contributed by atoms with Gasteiger partial charge in [-0.2, -0.15) is 0 Å². The zero-order valence-corrected chi connectivity index (χ0v) is 12.7. The average molecular weight is 310 g/mol. The molecule has 114 valence electrons. The van der Waals surface area contributed by atoms with Crippen molar-refractivity contribution in [3.05, 3.63) is 36.0 Å². The van der Waals surface area contributed by atoms with E-state index >= 15 is 0 Å². The number of oxazole rings is 1. The number of nitrogens with one attached hydrogen (secondary N) is 2. The van der Waals surface area contributed by atoms with Crippen LogP contribution in [0.15, 0.2) is 33.7 Å². The molecule has 0 fully saturated rings. The third-order valence-corrected chi connectivity index (χ3v) is 4.40. The molecule has 7 nitrogen and oxygen atoms in total. The zero-order valence-electron chi connectivity index (χ0n) is 11.9. The summed E-state index contributed by atoms with van der Waals surface area (Å²) in [6.07, 6.45) is 2.42. The maximum Gasteiger partial charge on any atom is 0.242 e. The van der Waals surface area contributed by atoms with Gasteiger partial charge in [0.15, 0.2) is 0 Å². The summed E-state index contributed by atoms with van der Waals surface area (Å²) in [6, 6.07) is 4.65. The number of hydrogen-bond acceptors (Lipinski definition) is 6. The predicted octanol–water partition coefficient (Wildman–Crippen LogP) is 1.34. The number of nitrogens with two attached hydrogens (primary N) is 1. The van der Waals surface area contributed by atoms with Gasteiger partial charge in [0.1, 0.15) is 10.7 Å². The highest BCUT2D eigenvalue weighted by Gasteiger charge is 2.17. The van der Waals surface area contributed by atoms with E-state index in [4.69, 9.17) is 10.2 Å². The molecule has 0 aliphatic carbocycles. The highest BCUT2D eigenvalue weighted by atomic mass is 32.2. The summed E-state index contributed by atoms with van der Waals surface area (Å²) in [5, 5.41) is 3.00. The van der Waals surface area contributed by atoms with Gasteiger partial charge in [-0.05, 0) is 25.2 Å². The summed E-state index contributed by atoms with van der Waals surface area (Å²) in [7, 11) is -2.25. The fraction of sp³-hybridized carbons (Fsp3) is 0.308. The lowest BCUT2D eigenvalue weighted by Crippen LogP contribution is -2.20. The lowest BCUT2D eigenvalue weighted by Gasteiger charge is -2.11. The van der Waals surface area contributed by atoms with Crippen molar-refractivity contribution in [2.75, 3.05) is 18.1 Å². The number of rotatable bonds is 6. The molecule has 2 rings (SSSR count). The average Bonchev–Trinajstić information content (AvgIpc) is 2.94. The minimum atomic E-state index is -3.60. The Morgan fingerprint density at radius 3 is 2.76 bits per heavy atom. The van der Waals surface area contributed by atoms with Crippen molar-refractivity contribution in [3.63, 3.8) is 0 Å². The molecule has 1 aromatic heterocycles. The van der Waals surface area contributed by atoms with Crippen LogP contribution in [0, 0.1) is 0 Å². The summed E-state index contributed by atoms with van der Waals surface area (Å²) in [4.78, 5) is 4.20. The quantitative estimate of drug-likeness (QED) is 0.694. The van der Waals surface area contributed by atoms with Crippen molar-refractivity contribution >= 4 is 21.4 Å². The van der Waals surface area contributed by atoms with E-state index in [-0.39, 0.29) is 11.4 Å². The van der Waals surface area contributed by atoms with Gasteiger partial charge < -0.3 is 15.5 Å². The molecule has 2 aromatic rings. The summed E-state index contributed by atoms with van der Waals surface area (Å²) in [6.45, 7) is 2.26. The molecule has 0 aliphatic heterocycles. The molecule has 0 aliphatic rings. The number of aromatic nitrogens is 1. The summed E-state index contributed by atoms with van der Waals surface area (Å²) < 4.78 is 31.7. The van der Waals surface area contributed by atoms with Crippen molar-refractivity contribution < 1.29 is 12.8 Å². The topological polar surface area (TPSA) is 110 Å². The van der Waals surface area contributed by atoms with Gasteiger partial charge in [-0.3, -0.25) is 0 Å². The van der Waals surface area contributed by atoms with E-state index in [9.17, 15) is 8.42 Å². The van der Waals surface area contributed by atoms with Crippen LogP contribution in [0.1, 0.15) is 18.6 Å². The molecule has 0 saturated heterocycles. The van der Waals surface area contributed by atoms with Gasteiger partial charge in [-0.25, -0.2) is 18.1 Å². The number of aryl methyl sites for hydroxylation is 1. The van der Waals surface area contributed by atoms with Crippen LogP contribution in [0.2, 0.25) is 0 Å². The van der Waals surface area contributed by atoms with Crippen molar-refractivity contribution in [3.8, 4) is 0 Å². The lowest BCUT2D eigenvalue weighted by molar-refractivity contribution is 0.465. The fourth-order valence-electron chi connectivity index (χ4n) is 1.78. The summed E-state index contributed by atoms with van der Waals surface area (Å²) >= 11 is 0. The second kappa shape index (κ2) is 6.15. The smallest absolute Gasteiger partial charge is 0.242 e. The first-order valence-electron chi connectivity index (χ1n) is 6.46. The largest absolute Gasteiger partial charge is 0.444 e. The number of anilines is 2. The molecule has 4 N–H and O–H groups in total. The molecule has 0 atom stereocenters. The predicted molar refractivity (Wildman–Crippen MR) is 80.3 cm³/mol. The Morgan fingerprint density at radius 2 is 2.14 bits per heavy atom. The van der Waals surface area contributed by atoms with Crippen molar-refractivity contribution in [1.82, 2.24) is 9.71 Å². The molecule has 0 amide bonds. The number of nitrogen functional groups attached to an aromatic ring is 1. The Bertz CT molecular complexity index is 725. The van der Waals surface area contributed by atoms with Gasteiger partial charge in [0.05, 0.1) is 18.4 Å². The molecular weight excluding hydrogens is 292 g/mol. The van der Waals surface area contributed by atoms with E-state index in [1.54, 1.807) is 18.3 Å². The lowest BCUT2D eigenvalue weighted by atomic mass is 10.3. The first-order chi connectivity index (χ1) is 9.96. The number of sulfonamides is 1. The highest BCUT2D eigenvalue weighted by molar-refractivity contribution is 7.89. The maximum absolute atomic E-state index is 12.0. The van der Waals surface area contributed by atoms with Gasteiger partial charge >= 0.3 is 0 Å². The molecule has 0 radical (unpaired) electrons. The number of benzene rings is 1. The molecular formula is C13H18N4O3S. The van der Waals surface area contributed by atoms with E-state index in [1.165, 1.54) is 13.1 Å². The Hall–Kier alpha value is -2.06. The number of hydrogen-bond donors (Lipinski definition) is 3. The molecule has 0 bridgehead atoms. The first kappa shape index (κ1) is 15.3. The fourth-order valence-corrected chi connectivity index (χ4v) is 2.72. The standard InChI is InChI=1S/C13H18N4O3S/c1-3-10-7-17-13(20-10)8-16-11-5-4-9(14)6-12(11)21(18,19)15-2/h4-7,15-16H,3,8,14H2,1-2H3. The first-order valence-corrected chi connectivity index (χ1v) is 7.95. The SMILES string of the molecule is CCc1cnc(CNc2ccc(N)cc2S(=O)(=O)NC)o1. The van der Waals surface area contributed by atoms with E-state index in [2.05, 4.69) is 15.0 Å².